The average molecular weight is 459 g/mol. The highest BCUT2D eigenvalue weighted by Crippen LogP contribution is 2.35. The molecule has 4 heteroatoms. The molecule has 0 aliphatic heterocycles. The van der Waals surface area contributed by atoms with E-state index in [0.29, 0.717) is 17.1 Å². The number of nitrogens with zero attached hydrogens (tertiary/aromatic N) is 2. The van der Waals surface area contributed by atoms with Crippen molar-refractivity contribution in [1.29, 1.82) is 0 Å². The molecule has 6 rings (SSSR count). The first kappa shape index (κ1) is 21.8. The fraction of sp³-hybridized carbons (Fsp3) is 0. The monoisotopic (exact) mass is 459 g/mol. The second-order valence-electron chi connectivity index (χ2n) is 8.84. The van der Waals surface area contributed by atoms with Crippen molar-refractivity contribution in [2.75, 3.05) is 0 Å². The highest BCUT2D eigenvalue weighted by molar-refractivity contribution is 6.32. The van der Waals surface area contributed by atoms with E-state index in [4.69, 9.17) is 23.6 Å². The van der Waals surface area contributed by atoms with Gasteiger partial charge in [0.2, 0.25) is 0 Å². The van der Waals surface area contributed by atoms with Gasteiger partial charge >= 0.3 is 0 Å². The van der Waals surface area contributed by atoms with Crippen molar-refractivity contribution in [3.63, 3.8) is 0 Å². The van der Waals surface area contributed by atoms with E-state index < -0.39 is 0 Å². The molecule has 0 aliphatic rings. The van der Waals surface area contributed by atoms with Gasteiger partial charge in [0.15, 0.2) is 5.82 Å². The van der Waals surface area contributed by atoms with E-state index >= 15 is 0 Å². The minimum absolute atomic E-state index is 0.392. The SMILES string of the molecule is [B]c1ccc(C(N)=Nc2ncc(-c3ccc4ccccc4c3)cc2-c2ccc3ccccc3c2)cc1. The second kappa shape index (κ2) is 9.16. The van der Waals surface area contributed by atoms with Gasteiger partial charge < -0.3 is 5.73 Å². The molecule has 2 radical (unpaired) electrons. The fourth-order valence-corrected chi connectivity index (χ4v) is 4.48. The molecule has 0 saturated carbocycles. The molecule has 0 bridgehead atoms. The van der Waals surface area contributed by atoms with Gasteiger partial charge in [-0.05, 0) is 50.9 Å². The third kappa shape index (κ3) is 4.25. The summed E-state index contributed by atoms with van der Waals surface area (Å²) in [4.78, 5) is 9.52. The predicted molar refractivity (Wildman–Crippen MR) is 152 cm³/mol. The Morgan fingerprint density at radius 2 is 1.19 bits per heavy atom. The Morgan fingerprint density at radius 3 is 1.86 bits per heavy atom. The van der Waals surface area contributed by atoms with E-state index in [1.54, 1.807) is 0 Å². The Bertz CT molecular complexity index is 1750. The summed E-state index contributed by atoms with van der Waals surface area (Å²) in [7, 11) is 5.84. The van der Waals surface area contributed by atoms with E-state index in [-0.39, 0.29) is 0 Å². The third-order valence-electron chi connectivity index (χ3n) is 6.44. The Labute approximate surface area is 211 Å². The lowest BCUT2D eigenvalue weighted by molar-refractivity contribution is 1.27. The highest BCUT2D eigenvalue weighted by Gasteiger charge is 2.12. The number of fused-ring (bicyclic) bond motifs is 2. The predicted octanol–water partition coefficient (Wildman–Crippen LogP) is 6.55. The summed E-state index contributed by atoms with van der Waals surface area (Å²) in [5.74, 6) is 0.965. The fourth-order valence-electron chi connectivity index (χ4n) is 4.48. The zero-order valence-corrected chi connectivity index (χ0v) is 19.6. The molecule has 36 heavy (non-hydrogen) atoms. The maximum absolute atomic E-state index is 6.40. The van der Waals surface area contributed by atoms with Crippen LogP contribution in [0.15, 0.2) is 126 Å². The molecule has 2 N–H and O–H groups in total. The summed E-state index contributed by atoms with van der Waals surface area (Å²) in [6.07, 6.45) is 1.86. The summed E-state index contributed by atoms with van der Waals surface area (Å²) in [5.41, 5.74) is 12.0. The van der Waals surface area contributed by atoms with Crippen LogP contribution in [0.25, 0.3) is 43.8 Å². The quantitative estimate of drug-likeness (QED) is 0.185. The molecule has 0 atom stereocenters. The molecule has 5 aromatic carbocycles. The molecule has 1 aromatic heterocycles. The Balaban J connectivity index is 1.51. The van der Waals surface area contributed by atoms with Crippen molar-refractivity contribution >= 4 is 46.5 Å². The summed E-state index contributed by atoms with van der Waals surface area (Å²) in [6.45, 7) is 0. The van der Waals surface area contributed by atoms with Gasteiger partial charge in [-0.3, -0.25) is 0 Å². The zero-order valence-electron chi connectivity index (χ0n) is 19.6. The molecule has 0 fully saturated rings. The summed E-state index contributed by atoms with van der Waals surface area (Å²) in [6, 6.07) is 39.1. The third-order valence-corrected chi connectivity index (χ3v) is 6.44. The molecule has 1 heterocycles. The van der Waals surface area contributed by atoms with E-state index in [2.05, 4.69) is 78.9 Å². The first-order valence-corrected chi connectivity index (χ1v) is 11.8. The van der Waals surface area contributed by atoms with Gasteiger partial charge in [0.05, 0.1) is 0 Å². The standard InChI is InChI=1S/C32H22BN3/c33-29-15-13-23(14-16-29)31(34)36-32-30(27-12-10-22-6-2-4-8-25(22)18-27)19-28(20-35-32)26-11-9-21-5-1-3-7-24(21)17-26/h1-20H,(H2,34,35,36). The number of hydrogen-bond acceptors (Lipinski definition) is 2. The van der Waals surface area contributed by atoms with Crippen molar-refractivity contribution in [1.82, 2.24) is 4.98 Å². The number of rotatable bonds is 4. The van der Waals surface area contributed by atoms with Crippen molar-refractivity contribution < 1.29 is 0 Å². The maximum Gasteiger partial charge on any atom is 0.162 e. The summed E-state index contributed by atoms with van der Waals surface area (Å²) in [5, 5.41) is 4.75. The zero-order chi connectivity index (χ0) is 24.5. The first-order chi connectivity index (χ1) is 17.6. The lowest BCUT2D eigenvalue weighted by Crippen LogP contribution is -2.14. The lowest BCUT2D eigenvalue weighted by Gasteiger charge is -2.11. The van der Waals surface area contributed by atoms with Crippen LogP contribution in [0.2, 0.25) is 0 Å². The van der Waals surface area contributed by atoms with Gasteiger partial charge in [0.25, 0.3) is 0 Å². The van der Waals surface area contributed by atoms with E-state index in [9.17, 15) is 0 Å². The highest BCUT2D eigenvalue weighted by atomic mass is 15.0. The minimum Gasteiger partial charge on any atom is -0.383 e. The van der Waals surface area contributed by atoms with Crippen LogP contribution >= 0.6 is 0 Å². The lowest BCUT2D eigenvalue weighted by atomic mass is 9.95. The van der Waals surface area contributed by atoms with Gasteiger partial charge in [-0.2, -0.15) is 0 Å². The molecule has 0 saturated heterocycles. The van der Waals surface area contributed by atoms with Crippen LogP contribution in [0.1, 0.15) is 5.56 Å². The number of aliphatic imine (C=N–C) groups is 1. The molecule has 3 nitrogen and oxygen atoms in total. The summed E-state index contributed by atoms with van der Waals surface area (Å²) < 4.78 is 0. The Morgan fingerprint density at radius 1 is 0.611 bits per heavy atom. The first-order valence-electron chi connectivity index (χ1n) is 11.8. The molecule has 0 amide bonds. The number of nitrogens with two attached hydrogens (primary N) is 1. The van der Waals surface area contributed by atoms with Gasteiger partial charge in [0.1, 0.15) is 13.7 Å². The number of pyridine rings is 1. The average Bonchev–Trinajstić information content (AvgIpc) is 2.93. The van der Waals surface area contributed by atoms with Crippen molar-refractivity contribution in [2.45, 2.75) is 0 Å². The van der Waals surface area contributed by atoms with E-state index in [1.165, 1.54) is 16.2 Å². The normalized spacial score (nSPS) is 11.7. The van der Waals surface area contributed by atoms with Crippen LogP contribution < -0.4 is 11.2 Å². The van der Waals surface area contributed by atoms with Gasteiger partial charge in [-0.1, -0.05) is 103 Å². The maximum atomic E-state index is 6.40. The van der Waals surface area contributed by atoms with Crippen LogP contribution in [0, 0.1) is 0 Å². The van der Waals surface area contributed by atoms with E-state index in [0.717, 1.165) is 33.2 Å². The van der Waals surface area contributed by atoms with Gasteiger partial charge in [-0.15, -0.1) is 0 Å². The van der Waals surface area contributed by atoms with Crippen LogP contribution in [-0.2, 0) is 0 Å². The number of amidine groups is 1. The number of benzene rings is 5. The van der Waals surface area contributed by atoms with Crippen molar-refractivity contribution in [3.8, 4) is 22.3 Å². The van der Waals surface area contributed by atoms with Crippen LogP contribution in [-0.4, -0.2) is 18.7 Å². The minimum atomic E-state index is 0.392. The molecule has 0 unspecified atom stereocenters. The van der Waals surface area contributed by atoms with Crippen molar-refractivity contribution in [2.24, 2.45) is 10.7 Å². The largest absolute Gasteiger partial charge is 0.383 e. The van der Waals surface area contributed by atoms with Crippen LogP contribution in [0.4, 0.5) is 5.82 Å². The van der Waals surface area contributed by atoms with Gasteiger partial charge in [0, 0.05) is 22.9 Å². The molecule has 6 aromatic rings. The van der Waals surface area contributed by atoms with Gasteiger partial charge in [-0.25, -0.2) is 9.98 Å². The number of aromatic nitrogens is 1. The molecule has 168 valence electrons. The smallest absolute Gasteiger partial charge is 0.162 e. The van der Waals surface area contributed by atoms with Crippen molar-refractivity contribution in [3.05, 3.63) is 127 Å². The molecular formula is C32H22BN3. The molecule has 0 spiro atoms. The Kier molecular flexibility index (Phi) is 5.55. The van der Waals surface area contributed by atoms with Crippen LogP contribution in [0.5, 0.6) is 0 Å². The topological polar surface area (TPSA) is 51.3 Å². The number of hydrogen-bond donors (Lipinski definition) is 1. The Hall–Kier alpha value is -4.70. The summed E-state index contributed by atoms with van der Waals surface area (Å²) >= 11 is 0. The van der Waals surface area contributed by atoms with Crippen LogP contribution in [0.3, 0.4) is 0 Å². The van der Waals surface area contributed by atoms with E-state index in [1.807, 2.05) is 42.6 Å². The second-order valence-corrected chi connectivity index (χ2v) is 8.84. The molecular weight excluding hydrogens is 437 g/mol. The molecule has 0 aliphatic carbocycles.